The topological polar surface area (TPSA) is 101 Å². The van der Waals surface area contributed by atoms with Crippen molar-refractivity contribution in [3.63, 3.8) is 0 Å². The molecule has 98 valence electrons. The molecule has 2 N–H and O–H groups in total. The van der Waals surface area contributed by atoms with Gasteiger partial charge in [0.1, 0.15) is 11.2 Å². The molecule has 0 aliphatic rings. The Hall–Kier alpha value is -2.19. The van der Waals surface area contributed by atoms with Gasteiger partial charge in [-0.15, -0.1) is 0 Å². The van der Waals surface area contributed by atoms with E-state index in [0.29, 0.717) is 5.65 Å². The highest BCUT2D eigenvalue weighted by Crippen LogP contribution is 1.99. The lowest BCUT2D eigenvalue weighted by atomic mass is 9.82. The van der Waals surface area contributed by atoms with E-state index in [9.17, 15) is 9.59 Å². The Bertz CT molecular complexity index is 682. The van der Waals surface area contributed by atoms with Crippen LogP contribution >= 0.6 is 0 Å². The first-order chi connectivity index (χ1) is 9.04. The SMILES string of the molecule is CCOC(=O)c1cnc2ccc(B(O)O)cn2c1=O. The third-order valence-electron chi connectivity index (χ3n) is 2.52. The van der Waals surface area contributed by atoms with Gasteiger partial charge in [0.2, 0.25) is 0 Å². The van der Waals surface area contributed by atoms with Crippen molar-refractivity contribution in [1.82, 2.24) is 9.38 Å². The molecule has 8 heteroatoms. The van der Waals surface area contributed by atoms with E-state index in [4.69, 9.17) is 14.8 Å². The van der Waals surface area contributed by atoms with Crippen LogP contribution in [-0.4, -0.2) is 39.1 Å². The molecule has 0 aromatic carbocycles. The Kier molecular flexibility index (Phi) is 3.63. The van der Waals surface area contributed by atoms with Gasteiger partial charge in [-0.2, -0.15) is 0 Å². The molecule has 0 fully saturated rings. The molecule has 2 heterocycles. The van der Waals surface area contributed by atoms with E-state index < -0.39 is 18.6 Å². The number of nitrogens with zero attached hydrogens (tertiary/aromatic N) is 2. The highest BCUT2D eigenvalue weighted by Gasteiger charge is 2.16. The number of carbonyl (C=O) groups excluding carboxylic acids is 1. The number of pyridine rings is 1. The number of rotatable bonds is 3. The molecule has 7 nitrogen and oxygen atoms in total. The van der Waals surface area contributed by atoms with E-state index in [2.05, 4.69) is 4.98 Å². The predicted octanol–water partition coefficient (Wildman–Crippen LogP) is -1.45. The van der Waals surface area contributed by atoms with Crippen molar-refractivity contribution >= 4 is 24.2 Å². The molecule has 2 rings (SSSR count). The minimum atomic E-state index is -1.71. The van der Waals surface area contributed by atoms with Crippen LogP contribution in [0, 0.1) is 0 Å². The summed E-state index contributed by atoms with van der Waals surface area (Å²) in [5, 5.41) is 18.1. The number of fused-ring (bicyclic) bond motifs is 1. The van der Waals surface area contributed by atoms with Crippen molar-refractivity contribution in [2.24, 2.45) is 0 Å². The number of carbonyl (C=O) groups is 1. The van der Waals surface area contributed by atoms with Crippen LogP contribution in [0.1, 0.15) is 17.3 Å². The normalized spacial score (nSPS) is 10.5. The Morgan fingerprint density at radius 3 is 2.84 bits per heavy atom. The van der Waals surface area contributed by atoms with Crippen LogP contribution in [0.5, 0.6) is 0 Å². The summed E-state index contributed by atoms with van der Waals surface area (Å²) in [5.41, 5.74) is -0.408. The minimum Gasteiger partial charge on any atom is -0.462 e. The maximum absolute atomic E-state index is 12.1. The van der Waals surface area contributed by atoms with Crippen molar-refractivity contribution in [3.8, 4) is 0 Å². The number of hydrogen-bond donors (Lipinski definition) is 2. The van der Waals surface area contributed by atoms with Gasteiger partial charge in [0, 0.05) is 12.4 Å². The van der Waals surface area contributed by atoms with Crippen molar-refractivity contribution in [1.29, 1.82) is 0 Å². The standard InChI is InChI=1S/C11H11BN2O5/c1-2-19-11(16)8-5-13-9-4-3-7(12(17)18)6-14(9)10(8)15/h3-6,17-18H,2H2,1H3. The van der Waals surface area contributed by atoms with Gasteiger partial charge in [-0.3, -0.25) is 9.20 Å². The van der Waals surface area contributed by atoms with Gasteiger partial charge in [0.15, 0.2) is 0 Å². The maximum Gasteiger partial charge on any atom is 0.489 e. The van der Waals surface area contributed by atoms with Crippen LogP contribution in [-0.2, 0) is 4.74 Å². The second-order valence-corrected chi connectivity index (χ2v) is 3.76. The summed E-state index contributed by atoms with van der Waals surface area (Å²) in [6, 6.07) is 2.88. The Balaban J connectivity index is 2.62. The van der Waals surface area contributed by atoms with Gasteiger partial charge in [-0.05, 0) is 18.5 Å². The molecule has 0 saturated heterocycles. The third-order valence-corrected chi connectivity index (χ3v) is 2.52. The minimum absolute atomic E-state index is 0.123. The summed E-state index contributed by atoms with van der Waals surface area (Å²) in [7, 11) is -1.71. The van der Waals surface area contributed by atoms with Crippen molar-refractivity contribution < 1.29 is 19.6 Å². The van der Waals surface area contributed by atoms with E-state index in [1.54, 1.807) is 6.92 Å². The molecule has 0 bridgehead atoms. The summed E-state index contributed by atoms with van der Waals surface area (Å²) < 4.78 is 5.81. The lowest BCUT2D eigenvalue weighted by Crippen LogP contribution is -2.33. The van der Waals surface area contributed by atoms with Crippen molar-refractivity contribution in [2.45, 2.75) is 6.92 Å². The average molecular weight is 262 g/mol. The molecule has 0 atom stereocenters. The van der Waals surface area contributed by atoms with Crippen LogP contribution in [0.2, 0.25) is 0 Å². The molecular formula is C11H11BN2O5. The van der Waals surface area contributed by atoms with Crippen molar-refractivity contribution in [3.05, 3.63) is 40.4 Å². The summed E-state index contributed by atoms with van der Waals surface area (Å²) >= 11 is 0. The second-order valence-electron chi connectivity index (χ2n) is 3.76. The number of esters is 1. The molecule has 0 radical (unpaired) electrons. The highest BCUT2D eigenvalue weighted by molar-refractivity contribution is 6.58. The Labute approximate surface area is 108 Å². The zero-order valence-corrected chi connectivity index (χ0v) is 10.1. The van der Waals surface area contributed by atoms with Crippen LogP contribution < -0.4 is 11.0 Å². The van der Waals surface area contributed by atoms with Crippen LogP contribution in [0.4, 0.5) is 0 Å². The second kappa shape index (κ2) is 5.21. The maximum atomic E-state index is 12.1. The lowest BCUT2D eigenvalue weighted by Gasteiger charge is -2.06. The monoisotopic (exact) mass is 262 g/mol. The molecule has 0 spiro atoms. The molecular weight excluding hydrogens is 251 g/mol. The summed E-state index contributed by atoms with van der Waals surface area (Å²) in [4.78, 5) is 27.6. The van der Waals surface area contributed by atoms with Crippen LogP contribution in [0.3, 0.4) is 0 Å². The third kappa shape index (κ3) is 2.49. The van der Waals surface area contributed by atoms with E-state index in [1.165, 1.54) is 18.3 Å². The first kappa shape index (κ1) is 13.3. The quantitative estimate of drug-likeness (QED) is 0.518. The number of aromatic nitrogens is 2. The van der Waals surface area contributed by atoms with Gasteiger partial charge in [0.25, 0.3) is 5.56 Å². The van der Waals surface area contributed by atoms with Gasteiger partial charge >= 0.3 is 13.1 Å². The fraction of sp³-hybridized carbons (Fsp3) is 0.182. The van der Waals surface area contributed by atoms with E-state index in [0.717, 1.165) is 10.6 Å². The van der Waals surface area contributed by atoms with Crippen molar-refractivity contribution in [2.75, 3.05) is 6.61 Å². The number of ether oxygens (including phenoxy) is 1. The van der Waals surface area contributed by atoms with E-state index in [1.807, 2.05) is 0 Å². The zero-order valence-electron chi connectivity index (χ0n) is 10.1. The lowest BCUT2D eigenvalue weighted by molar-refractivity contribution is 0.0523. The molecule has 2 aromatic heterocycles. The first-order valence-corrected chi connectivity index (χ1v) is 5.59. The smallest absolute Gasteiger partial charge is 0.462 e. The molecule has 0 amide bonds. The zero-order chi connectivity index (χ0) is 14.0. The molecule has 2 aromatic rings. The van der Waals surface area contributed by atoms with Gasteiger partial charge in [0.05, 0.1) is 6.61 Å². The van der Waals surface area contributed by atoms with Gasteiger partial charge in [-0.1, -0.05) is 6.07 Å². The molecule has 0 aliphatic carbocycles. The highest BCUT2D eigenvalue weighted by atomic mass is 16.5. The van der Waals surface area contributed by atoms with E-state index >= 15 is 0 Å². The molecule has 0 saturated carbocycles. The van der Waals surface area contributed by atoms with Crippen LogP contribution in [0.25, 0.3) is 5.65 Å². The van der Waals surface area contributed by atoms with Gasteiger partial charge in [-0.25, -0.2) is 9.78 Å². The fourth-order valence-corrected chi connectivity index (χ4v) is 1.59. The largest absolute Gasteiger partial charge is 0.489 e. The Morgan fingerprint density at radius 2 is 2.21 bits per heavy atom. The average Bonchev–Trinajstić information content (AvgIpc) is 2.39. The summed E-state index contributed by atoms with van der Waals surface area (Å²) in [6.07, 6.45) is 2.36. The summed E-state index contributed by atoms with van der Waals surface area (Å²) in [5.74, 6) is -0.760. The molecule has 0 aliphatic heterocycles. The Morgan fingerprint density at radius 1 is 1.47 bits per heavy atom. The molecule has 0 unspecified atom stereocenters. The fourth-order valence-electron chi connectivity index (χ4n) is 1.59. The molecule has 19 heavy (non-hydrogen) atoms. The van der Waals surface area contributed by atoms with Gasteiger partial charge < -0.3 is 14.8 Å². The van der Waals surface area contributed by atoms with Crippen LogP contribution in [0.15, 0.2) is 29.3 Å². The number of hydrogen-bond acceptors (Lipinski definition) is 6. The summed E-state index contributed by atoms with van der Waals surface area (Å²) in [6.45, 7) is 1.78. The first-order valence-electron chi connectivity index (χ1n) is 5.59. The predicted molar refractivity (Wildman–Crippen MR) is 67.2 cm³/mol. The van der Waals surface area contributed by atoms with E-state index in [-0.39, 0.29) is 17.6 Å².